The molecule has 0 fully saturated rings. The summed E-state index contributed by atoms with van der Waals surface area (Å²) < 4.78 is 20.9. The molecule has 1 aromatic heterocycles. The van der Waals surface area contributed by atoms with E-state index < -0.39 is 0 Å². The number of nitrogens with one attached hydrogen (secondary N) is 1. The molecular formula is C20H19FN4O2. The van der Waals surface area contributed by atoms with Crippen LogP contribution < -0.4 is 15.3 Å². The fourth-order valence-electron chi connectivity index (χ4n) is 3.03. The molecule has 0 spiro atoms. The van der Waals surface area contributed by atoms with Gasteiger partial charge in [-0.25, -0.2) is 9.18 Å². The Hall–Kier alpha value is -3.35. The number of aryl methyl sites for hydroxylation is 1. The van der Waals surface area contributed by atoms with Crippen LogP contribution in [0, 0.1) is 19.7 Å². The number of H-pyrrole nitrogens is 1. The van der Waals surface area contributed by atoms with Gasteiger partial charge in [0.2, 0.25) is 0 Å². The summed E-state index contributed by atoms with van der Waals surface area (Å²) in [6, 6.07) is 12.2. The van der Waals surface area contributed by atoms with Crippen LogP contribution >= 0.6 is 0 Å². The summed E-state index contributed by atoms with van der Waals surface area (Å²) in [6.07, 6.45) is 0. The summed E-state index contributed by atoms with van der Waals surface area (Å²) in [6.45, 7) is 4.35. The van der Waals surface area contributed by atoms with Crippen LogP contribution in [0.25, 0.3) is 0 Å². The lowest BCUT2D eigenvalue weighted by Gasteiger charge is -2.28. The molecule has 0 saturated heterocycles. The molecule has 3 aromatic rings. The summed E-state index contributed by atoms with van der Waals surface area (Å²) in [5.41, 5.74) is 3.27. The lowest BCUT2D eigenvalue weighted by Crippen LogP contribution is -2.37. The van der Waals surface area contributed by atoms with Gasteiger partial charge in [0.25, 0.3) is 0 Å². The molecule has 1 aliphatic heterocycles. The van der Waals surface area contributed by atoms with E-state index >= 15 is 0 Å². The summed E-state index contributed by atoms with van der Waals surface area (Å²) in [4.78, 5) is 21.2. The number of halogens is 1. The first kappa shape index (κ1) is 17.1. The highest BCUT2D eigenvalue weighted by Gasteiger charge is 2.27. The van der Waals surface area contributed by atoms with Crippen molar-refractivity contribution in [2.75, 3.05) is 4.90 Å². The lowest BCUT2D eigenvalue weighted by molar-refractivity contribution is 0.521. The first-order valence-corrected chi connectivity index (χ1v) is 8.58. The summed E-state index contributed by atoms with van der Waals surface area (Å²) in [5.74, 6) is 0.891. The number of hydrogen-bond donors (Lipinski definition) is 1. The van der Waals surface area contributed by atoms with Crippen molar-refractivity contribution in [3.05, 3.63) is 75.6 Å². The Morgan fingerprint density at radius 1 is 1.15 bits per heavy atom. The van der Waals surface area contributed by atoms with E-state index in [9.17, 15) is 9.18 Å². The van der Waals surface area contributed by atoms with Crippen molar-refractivity contribution < 1.29 is 9.13 Å². The van der Waals surface area contributed by atoms with Gasteiger partial charge in [0, 0.05) is 12.7 Å². The number of rotatable bonds is 2. The van der Waals surface area contributed by atoms with Gasteiger partial charge in [-0.2, -0.15) is 4.99 Å². The quantitative estimate of drug-likeness (QED) is 0.754. The highest BCUT2D eigenvalue weighted by atomic mass is 19.1. The Kier molecular flexibility index (Phi) is 4.07. The molecule has 0 radical (unpaired) electrons. The van der Waals surface area contributed by atoms with Gasteiger partial charge >= 0.3 is 11.7 Å². The molecule has 4 rings (SSSR count). The Bertz CT molecular complexity index is 1100. The average molecular weight is 366 g/mol. The molecule has 1 N–H and O–H groups in total. The van der Waals surface area contributed by atoms with Crippen molar-refractivity contribution in [2.24, 2.45) is 12.0 Å². The van der Waals surface area contributed by atoms with Gasteiger partial charge in [-0.3, -0.25) is 9.47 Å². The van der Waals surface area contributed by atoms with E-state index in [1.807, 2.05) is 32.0 Å². The normalized spacial score (nSPS) is 13.3. The first-order valence-electron chi connectivity index (χ1n) is 8.58. The van der Waals surface area contributed by atoms with Crippen LogP contribution in [-0.4, -0.2) is 15.6 Å². The van der Waals surface area contributed by atoms with Gasteiger partial charge in [0.1, 0.15) is 11.6 Å². The molecule has 1 aliphatic rings. The molecule has 0 aliphatic carbocycles. The predicted octanol–water partition coefficient (Wildman–Crippen LogP) is 3.56. The zero-order chi connectivity index (χ0) is 19.1. The number of aromatic amines is 1. The van der Waals surface area contributed by atoms with E-state index in [4.69, 9.17) is 4.74 Å². The van der Waals surface area contributed by atoms with Gasteiger partial charge in [-0.05, 0) is 55.3 Å². The van der Waals surface area contributed by atoms with E-state index in [0.717, 1.165) is 16.8 Å². The molecule has 7 heteroatoms. The number of hydrogen-bond acceptors (Lipinski definition) is 4. The highest BCUT2D eigenvalue weighted by Crippen LogP contribution is 2.30. The number of aliphatic imine (C=N–C) groups is 1. The second-order valence-corrected chi connectivity index (χ2v) is 6.55. The summed E-state index contributed by atoms with van der Waals surface area (Å²) in [7, 11) is 1.66. The molecule has 0 atom stereocenters. The number of benzene rings is 2. The molecule has 0 saturated carbocycles. The third-order valence-electron chi connectivity index (χ3n) is 4.79. The minimum atomic E-state index is -0.321. The number of nitrogens with zero attached hydrogens (tertiary/aromatic N) is 3. The largest absolute Gasteiger partial charge is 0.425 e. The smallest absolute Gasteiger partial charge is 0.327 e. The number of imidazole rings is 1. The van der Waals surface area contributed by atoms with Crippen molar-refractivity contribution in [3.63, 3.8) is 0 Å². The van der Waals surface area contributed by atoms with Gasteiger partial charge < -0.3 is 9.72 Å². The Morgan fingerprint density at radius 3 is 2.63 bits per heavy atom. The molecule has 0 unspecified atom stereocenters. The lowest BCUT2D eigenvalue weighted by atomic mass is 10.1. The van der Waals surface area contributed by atoms with E-state index in [1.165, 1.54) is 16.7 Å². The van der Waals surface area contributed by atoms with Crippen molar-refractivity contribution >= 4 is 17.5 Å². The Balaban J connectivity index is 1.81. The van der Waals surface area contributed by atoms with E-state index in [-0.39, 0.29) is 11.5 Å². The highest BCUT2D eigenvalue weighted by molar-refractivity contribution is 5.96. The second kappa shape index (κ2) is 6.42. The molecule has 0 amide bonds. The SMILES string of the molecule is Cc1cccc(OC2=Nc3c([nH]c(=O)n3C)CN2c2ccc(F)cc2)c1C. The van der Waals surface area contributed by atoms with Gasteiger partial charge in [0.15, 0.2) is 5.82 Å². The van der Waals surface area contributed by atoms with Crippen molar-refractivity contribution in [3.8, 4) is 5.75 Å². The van der Waals surface area contributed by atoms with Crippen LogP contribution in [0.2, 0.25) is 0 Å². The fraction of sp³-hybridized carbons (Fsp3) is 0.200. The molecular weight excluding hydrogens is 347 g/mol. The Morgan fingerprint density at radius 2 is 1.89 bits per heavy atom. The van der Waals surface area contributed by atoms with Crippen molar-refractivity contribution in [1.82, 2.24) is 9.55 Å². The van der Waals surface area contributed by atoms with Crippen molar-refractivity contribution in [2.45, 2.75) is 20.4 Å². The standard InChI is InChI=1S/C20H19FN4O2/c1-12-5-4-6-17(13(12)2)27-20-23-18-16(22-19(26)24(18)3)11-25(20)15-9-7-14(21)8-10-15/h4-10H,11H2,1-3H3,(H,22,26). The van der Waals surface area contributed by atoms with Gasteiger partial charge in [-0.1, -0.05) is 12.1 Å². The fourth-order valence-corrected chi connectivity index (χ4v) is 3.03. The number of fused-ring (bicyclic) bond motifs is 1. The number of anilines is 1. The second-order valence-electron chi connectivity index (χ2n) is 6.55. The summed E-state index contributed by atoms with van der Waals surface area (Å²) >= 11 is 0. The zero-order valence-corrected chi connectivity index (χ0v) is 15.3. The van der Waals surface area contributed by atoms with Crippen LogP contribution in [0.5, 0.6) is 5.75 Å². The van der Waals surface area contributed by atoms with Gasteiger partial charge in [0.05, 0.1) is 12.2 Å². The maximum absolute atomic E-state index is 13.4. The van der Waals surface area contributed by atoms with Crippen LogP contribution in [0.3, 0.4) is 0 Å². The maximum atomic E-state index is 13.4. The minimum absolute atomic E-state index is 0.240. The molecule has 27 heavy (non-hydrogen) atoms. The van der Waals surface area contributed by atoms with Gasteiger partial charge in [-0.15, -0.1) is 0 Å². The maximum Gasteiger partial charge on any atom is 0.327 e. The summed E-state index contributed by atoms with van der Waals surface area (Å²) in [5, 5.41) is 0. The van der Waals surface area contributed by atoms with E-state index in [0.29, 0.717) is 29.8 Å². The molecule has 6 nitrogen and oxygen atoms in total. The minimum Gasteiger partial charge on any atom is -0.425 e. The number of amidine groups is 1. The third kappa shape index (κ3) is 3.01. The van der Waals surface area contributed by atoms with Crippen LogP contribution in [0.1, 0.15) is 16.8 Å². The van der Waals surface area contributed by atoms with Crippen molar-refractivity contribution in [1.29, 1.82) is 0 Å². The number of aromatic nitrogens is 2. The average Bonchev–Trinajstić information content (AvgIpc) is 2.93. The third-order valence-corrected chi connectivity index (χ3v) is 4.79. The van der Waals surface area contributed by atoms with Crippen LogP contribution in [0.4, 0.5) is 15.9 Å². The number of ether oxygens (including phenoxy) is 1. The molecule has 2 aromatic carbocycles. The monoisotopic (exact) mass is 366 g/mol. The van der Waals surface area contributed by atoms with E-state index in [1.54, 1.807) is 24.1 Å². The Labute approximate surface area is 155 Å². The molecule has 2 heterocycles. The molecule has 0 bridgehead atoms. The predicted molar refractivity (Wildman–Crippen MR) is 102 cm³/mol. The molecule has 138 valence electrons. The topological polar surface area (TPSA) is 62.6 Å². The van der Waals surface area contributed by atoms with Crippen LogP contribution in [0.15, 0.2) is 52.3 Å². The first-order chi connectivity index (χ1) is 12.9. The van der Waals surface area contributed by atoms with Crippen LogP contribution in [-0.2, 0) is 13.6 Å². The van der Waals surface area contributed by atoms with E-state index in [2.05, 4.69) is 9.98 Å². The zero-order valence-electron chi connectivity index (χ0n) is 15.3.